The van der Waals surface area contributed by atoms with Gasteiger partial charge < -0.3 is 10.4 Å². The Morgan fingerprint density at radius 2 is 2.11 bits per heavy atom. The number of aryl methyl sites for hydroxylation is 1. The molecule has 1 aromatic carbocycles. The number of anilines is 1. The fourth-order valence-electron chi connectivity index (χ4n) is 1.25. The van der Waals surface area contributed by atoms with Crippen molar-refractivity contribution in [1.29, 1.82) is 0 Å². The van der Waals surface area contributed by atoms with Gasteiger partial charge in [0.15, 0.2) is 6.10 Å². The molecule has 0 saturated heterocycles. The van der Waals surface area contributed by atoms with Crippen molar-refractivity contribution in [2.24, 2.45) is 0 Å². The molecular formula is C10H11F3N2O3. The first-order valence-electron chi connectivity index (χ1n) is 4.95. The van der Waals surface area contributed by atoms with Crippen molar-refractivity contribution in [3.63, 3.8) is 0 Å². The molecule has 0 fully saturated rings. The quantitative estimate of drug-likeness (QED) is 0.646. The van der Waals surface area contributed by atoms with Crippen molar-refractivity contribution in [2.45, 2.75) is 19.2 Å². The molecule has 1 rings (SSSR count). The van der Waals surface area contributed by atoms with Crippen LogP contribution in [0.25, 0.3) is 0 Å². The van der Waals surface area contributed by atoms with E-state index in [0.29, 0.717) is 5.56 Å². The second-order valence-corrected chi connectivity index (χ2v) is 3.70. The van der Waals surface area contributed by atoms with Crippen LogP contribution in [0.5, 0.6) is 0 Å². The van der Waals surface area contributed by atoms with Crippen molar-refractivity contribution in [2.75, 3.05) is 11.9 Å². The van der Waals surface area contributed by atoms with Gasteiger partial charge in [-0.25, -0.2) is 0 Å². The molecule has 0 saturated carbocycles. The van der Waals surface area contributed by atoms with Crippen LogP contribution in [0.4, 0.5) is 24.5 Å². The average molecular weight is 264 g/mol. The van der Waals surface area contributed by atoms with Crippen LogP contribution in [0.2, 0.25) is 0 Å². The number of alkyl halides is 3. The molecule has 2 N–H and O–H groups in total. The van der Waals surface area contributed by atoms with E-state index >= 15 is 0 Å². The van der Waals surface area contributed by atoms with Crippen LogP contribution in [-0.2, 0) is 0 Å². The standard InChI is InChI=1S/C10H11F3N2O3/c1-6-2-3-7(4-8(6)15(17)18)14-5-9(16)10(11,12)13/h2-4,9,14,16H,5H2,1H3. The maximum atomic E-state index is 12.0. The summed E-state index contributed by atoms with van der Waals surface area (Å²) < 4.78 is 36.1. The zero-order valence-electron chi connectivity index (χ0n) is 9.36. The topological polar surface area (TPSA) is 75.4 Å². The summed E-state index contributed by atoms with van der Waals surface area (Å²) in [5.41, 5.74) is 0.360. The Morgan fingerprint density at radius 3 is 2.61 bits per heavy atom. The molecular weight excluding hydrogens is 253 g/mol. The van der Waals surface area contributed by atoms with Crippen molar-refractivity contribution < 1.29 is 23.2 Å². The molecule has 0 bridgehead atoms. The van der Waals surface area contributed by atoms with Gasteiger partial charge in [0.1, 0.15) is 0 Å². The first-order chi connectivity index (χ1) is 8.21. The predicted octanol–water partition coefficient (Wildman–Crippen LogP) is 2.24. The Balaban J connectivity index is 2.75. The minimum atomic E-state index is -4.72. The lowest BCUT2D eigenvalue weighted by Crippen LogP contribution is -2.35. The van der Waals surface area contributed by atoms with Gasteiger partial charge >= 0.3 is 6.18 Å². The van der Waals surface area contributed by atoms with Crippen LogP contribution in [0.3, 0.4) is 0 Å². The predicted molar refractivity (Wildman–Crippen MR) is 58.4 cm³/mol. The molecule has 1 unspecified atom stereocenters. The molecule has 5 nitrogen and oxygen atoms in total. The SMILES string of the molecule is Cc1ccc(NCC(O)C(F)(F)F)cc1[N+](=O)[O-]. The minimum Gasteiger partial charge on any atom is -0.382 e. The summed E-state index contributed by atoms with van der Waals surface area (Å²) in [4.78, 5) is 10.00. The zero-order valence-corrected chi connectivity index (χ0v) is 9.36. The van der Waals surface area contributed by atoms with Crippen LogP contribution >= 0.6 is 0 Å². The number of hydrogen-bond donors (Lipinski definition) is 2. The first kappa shape index (κ1) is 14.2. The molecule has 0 amide bonds. The number of nitro groups is 1. The fourth-order valence-corrected chi connectivity index (χ4v) is 1.25. The van der Waals surface area contributed by atoms with Gasteiger partial charge in [-0.3, -0.25) is 10.1 Å². The van der Waals surface area contributed by atoms with Gasteiger partial charge in [0.2, 0.25) is 0 Å². The Hall–Kier alpha value is -1.83. The highest BCUT2D eigenvalue weighted by atomic mass is 19.4. The number of nitro benzene ring substituents is 1. The van der Waals surface area contributed by atoms with E-state index < -0.39 is 23.7 Å². The molecule has 1 atom stereocenters. The van der Waals surface area contributed by atoms with E-state index in [2.05, 4.69) is 5.32 Å². The van der Waals surface area contributed by atoms with Gasteiger partial charge in [0.25, 0.3) is 5.69 Å². The Kier molecular flexibility index (Phi) is 4.12. The summed E-state index contributed by atoms with van der Waals surface area (Å²) in [6.07, 6.45) is -7.23. The second kappa shape index (κ2) is 5.21. The third kappa shape index (κ3) is 3.59. The lowest BCUT2D eigenvalue weighted by atomic mass is 10.2. The molecule has 0 aliphatic rings. The van der Waals surface area contributed by atoms with Crippen LogP contribution in [0.1, 0.15) is 5.56 Å². The number of nitrogens with zero attached hydrogens (tertiary/aromatic N) is 1. The first-order valence-corrected chi connectivity index (χ1v) is 4.95. The molecule has 0 aromatic heterocycles. The number of aliphatic hydroxyl groups excluding tert-OH is 1. The zero-order chi connectivity index (χ0) is 13.9. The molecule has 1 aromatic rings. The summed E-state index contributed by atoms with van der Waals surface area (Å²) >= 11 is 0. The molecule has 8 heteroatoms. The van der Waals surface area contributed by atoms with Gasteiger partial charge in [0, 0.05) is 23.9 Å². The number of halogens is 3. The number of aliphatic hydroxyl groups is 1. The monoisotopic (exact) mass is 264 g/mol. The van der Waals surface area contributed by atoms with E-state index in [0.717, 1.165) is 6.07 Å². The lowest BCUT2D eigenvalue weighted by molar-refractivity contribution is -0.385. The van der Waals surface area contributed by atoms with Gasteiger partial charge in [-0.05, 0) is 13.0 Å². The Bertz CT molecular complexity index is 448. The van der Waals surface area contributed by atoms with Crippen LogP contribution in [0.15, 0.2) is 18.2 Å². The van der Waals surface area contributed by atoms with Gasteiger partial charge in [-0.1, -0.05) is 6.07 Å². The highest BCUT2D eigenvalue weighted by molar-refractivity contribution is 5.54. The summed E-state index contributed by atoms with van der Waals surface area (Å²) in [5.74, 6) is 0. The number of rotatable bonds is 4. The van der Waals surface area contributed by atoms with Gasteiger partial charge in [-0.15, -0.1) is 0 Å². The van der Waals surface area contributed by atoms with E-state index in [-0.39, 0.29) is 11.4 Å². The summed E-state index contributed by atoms with van der Waals surface area (Å²) in [6.45, 7) is 0.760. The highest BCUT2D eigenvalue weighted by Gasteiger charge is 2.37. The van der Waals surface area contributed by atoms with E-state index in [1.54, 1.807) is 0 Å². The molecule has 0 aliphatic carbocycles. The summed E-state index contributed by atoms with van der Waals surface area (Å²) in [7, 11) is 0. The largest absolute Gasteiger partial charge is 0.416 e. The average Bonchev–Trinajstić information content (AvgIpc) is 2.25. The van der Waals surface area contributed by atoms with E-state index in [9.17, 15) is 23.3 Å². The van der Waals surface area contributed by atoms with E-state index in [4.69, 9.17) is 5.11 Å². The maximum absolute atomic E-state index is 12.0. The highest BCUT2D eigenvalue weighted by Crippen LogP contribution is 2.24. The van der Waals surface area contributed by atoms with Gasteiger partial charge in [-0.2, -0.15) is 13.2 Å². The van der Waals surface area contributed by atoms with Crippen LogP contribution in [0, 0.1) is 17.0 Å². The minimum absolute atomic E-state index is 0.149. The third-order valence-corrected chi connectivity index (χ3v) is 2.28. The smallest absolute Gasteiger partial charge is 0.382 e. The number of hydrogen-bond acceptors (Lipinski definition) is 4. The van der Waals surface area contributed by atoms with Gasteiger partial charge in [0.05, 0.1) is 4.92 Å². The molecule has 0 spiro atoms. The maximum Gasteiger partial charge on any atom is 0.416 e. The summed E-state index contributed by atoms with van der Waals surface area (Å²) in [6, 6.07) is 3.95. The molecule has 18 heavy (non-hydrogen) atoms. The third-order valence-electron chi connectivity index (χ3n) is 2.28. The molecule has 0 aliphatic heterocycles. The van der Waals surface area contributed by atoms with Crippen LogP contribution < -0.4 is 5.32 Å². The second-order valence-electron chi connectivity index (χ2n) is 3.70. The van der Waals surface area contributed by atoms with E-state index in [1.807, 2.05) is 0 Å². The van der Waals surface area contributed by atoms with Crippen molar-refractivity contribution in [3.05, 3.63) is 33.9 Å². The number of benzene rings is 1. The molecule has 0 heterocycles. The fraction of sp³-hybridized carbons (Fsp3) is 0.400. The summed E-state index contributed by atoms with van der Waals surface area (Å²) in [5, 5.41) is 21.7. The van der Waals surface area contributed by atoms with Crippen LogP contribution in [-0.4, -0.2) is 28.9 Å². The van der Waals surface area contributed by atoms with Crippen molar-refractivity contribution in [3.8, 4) is 0 Å². The van der Waals surface area contributed by atoms with E-state index in [1.165, 1.54) is 19.1 Å². The lowest BCUT2D eigenvalue weighted by Gasteiger charge is -2.15. The van der Waals surface area contributed by atoms with Crippen molar-refractivity contribution in [1.82, 2.24) is 0 Å². The molecule has 100 valence electrons. The van der Waals surface area contributed by atoms with Crippen molar-refractivity contribution >= 4 is 11.4 Å². The Labute approximate surface area is 100 Å². The Morgan fingerprint density at radius 1 is 1.50 bits per heavy atom. The number of nitrogens with one attached hydrogen (secondary N) is 1. The molecule has 0 radical (unpaired) electrons. The normalized spacial score (nSPS) is 13.2.